The summed E-state index contributed by atoms with van der Waals surface area (Å²) in [6, 6.07) is 2.47. The quantitative estimate of drug-likeness (QED) is 0.869. The van der Waals surface area contributed by atoms with Crippen LogP contribution in [0.1, 0.15) is 48.7 Å². The van der Waals surface area contributed by atoms with Crippen LogP contribution in [0.2, 0.25) is 0 Å². The molecule has 5 nitrogen and oxygen atoms in total. The lowest BCUT2D eigenvalue weighted by Gasteiger charge is -2.27. The molecular formula is C17H22N4OS. The molecule has 122 valence electrons. The summed E-state index contributed by atoms with van der Waals surface area (Å²) in [5, 5.41) is 12.8. The van der Waals surface area contributed by atoms with Crippen molar-refractivity contribution < 1.29 is 4.79 Å². The number of carbonyl (C=O) groups is 1. The monoisotopic (exact) mass is 330 g/mol. The Morgan fingerprint density at radius 2 is 2.17 bits per heavy atom. The molecule has 2 aromatic rings. The van der Waals surface area contributed by atoms with E-state index >= 15 is 0 Å². The summed E-state index contributed by atoms with van der Waals surface area (Å²) in [7, 11) is 0. The van der Waals surface area contributed by atoms with Crippen molar-refractivity contribution in [3.63, 3.8) is 0 Å². The van der Waals surface area contributed by atoms with Gasteiger partial charge in [-0.2, -0.15) is 11.3 Å². The minimum atomic E-state index is 0.183. The molecule has 2 aliphatic heterocycles. The van der Waals surface area contributed by atoms with Crippen LogP contribution in [0.25, 0.3) is 0 Å². The number of carbonyl (C=O) groups excluding carboxylic acids is 1. The smallest absolute Gasteiger partial charge is 0.255 e. The number of rotatable bonds is 3. The van der Waals surface area contributed by atoms with Crippen LogP contribution < -0.4 is 0 Å². The number of hydrogen-bond donors (Lipinski definition) is 0. The van der Waals surface area contributed by atoms with Crippen molar-refractivity contribution in [2.24, 2.45) is 5.92 Å². The topological polar surface area (TPSA) is 51.0 Å². The molecule has 23 heavy (non-hydrogen) atoms. The van der Waals surface area contributed by atoms with E-state index in [1.165, 1.54) is 0 Å². The highest BCUT2D eigenvalue weighted by molar-refractivity contribution is 7.08. The second kappa shape index (κ2) is 5.74. The molecule has 2 atom stereocenters. The standard InChI is InChI=1S/C17H22N4OS/c1-11(2)7-15-18-19-16-8-13-3-4-14(9-20(15)16)21(13)17(22)12-5-6-23-10-12/h5-6,10-11,13-14H,3-4,7-9H2,1-2H3/t13-,14+/m0/s1. The van der Waals surface area contributed by atoms with Crippen LogP contribution in [0.3, 0.4) is 0 Å². The summed E-state index contributed by atoms with van der Waals surface area (Å²) in [5.74, 6) is 2.87. The lowest BCUT2D eigenvalue weighted by molar-refractivity contribution is 0.0665. The number of aromatic nitrogens is 3. The summed E-state index contributed by atoms with van der Waals surface area (Å²) in [6.07, 6.45) is 3.94. The molecule has 2 aliphatic rings. The van der Waals surface area contributed by atoms with Gasteiger partial charge in [0.1, 0.15) is 11.6 Å². The van der Waals surface area contributed by atoms with Crippen LogP contribution in [0.5, 0.6) is 0 Å². The van der Waals surface area contributed by atoms with Gasteiger partial charge in [0.05, 0.1) is 11.6 Å². The number of hydrogen-bond acceptors (Lipinski definition) is 4. The summed E-state index contributed by atoms with van der Waals surface area (Å²) in [5.41, 5.74) is 0.826. The molecule has 1 fully saturated rings. The minimum absolute atomic E-state index is 0.183. The molecule has 4 rings (SSSR count). The van der Waals surface area contributed by atoms with Gasteiger partial charge in [0.15, 0.2) is 0 Å². The van der Waals surface area contributed by atoms with E-state index in [1.54, 1.807) is 11.3 Å². The Morgan fingerprint density at radius 1 is 1.35 bits per heavy atom. The highest BCUT2D eigenvalue weighted by Gasteiger charge is 2.41. The fourth-order valence-electron chi connectivity index (χ4n) is 3.88. The summed E-state index contributed by atoms with van der Waals surface area (Å²) >= 11 is 1.58. The SMILES string of the molecule is CC(C)Cc1nnc2n1C[C@H]1CC[C@@H](C2)N1C(=O)c1ccsc1. The third-order valence-electron chi connectivity index (χ3n) is 4.93. The Bertz CT molecular complexity index is 706. The van der Waals surface area contributed by atoms with E-state index in [9.17, 15) is 4.79 Å². The third-order valence-corrected chi connectivity index (χ3v) is 5.61. The number of nitrogens with zero attached hydrogens (tertiary/aromatic N) is 4. The number of fused-ring (bicyclic) bond motifs is 3. The van der Waals surface area contributed by atoms with E-state index in [4.69, 9.17) is 0 Å². The second-order valence-electron chi connectivity index (χ2n) is 7.05. The second-order valence-corrected chi connectivity index (χ2v) is 7.83. The fraction of sp³-hybridized carbons (Fsp3) is 0.588. The molecule has 0 spiro atoms. The zero-order valence-corrected chi connectivity index (χ0v) is 14.4. The van der Waals surface area contributed by atoms with Crippen LogP contribution in [0.15, 0.2) is 16.8 Å². The Morgan fingerprint density at radius 3 is 2.91 bits per heavy atom. The fourth-order valence-corrected chi connectivity index (χ4v) is 4.51. The number of thiophene rings is 1. The highest BCUT2D eigenvalue weighted by Crippen LogP contribution is 2.33. The van der Waals surface area contributed by atoms with Gasteiger partial charge in [-0.3, -0.25) is 4.79 Å². The van der Waals surface area contributed by atoms with Crippen LogP contribution in [-0.4, -0.2) is 37.7 Å². The van der Waals surface area contributed by atoms with Gasteiger partial charge in [-0.1, -0.05) is 13.8 Å². The van der Waals surface area contributed by atoms with Crippen molar-refractivity contribution in [3.8, 4) is 0 Å². The molecule has 2 aromatic heterocycles. The van der Waals surface area contributed by atoms with E-state index in [-0.39, 0.29) is 18.0 Å². The predicted octanol–water partition coefficient (Wildman–Crippen LogP) is 2.77. The van der Waals surface area contributed by atoms with E-state index in [0.29, 0.717) is 5.92 Å². The van der Waals surface area contributed by atoms with Gasteiger partial charge in [-0.25, -0.2) is 0 Å². The maximum absolute atomic E-state index is 12.9. The van der Waals surface area contributed by atoms with Gasteiger partial charge < -0.3 is 9.47 Å². The first-order valence-corrected chi connectivity index (χ1v) is 9.33. The van der Waals surface area contributed by atoms with Gasteiger partial charge in [-0.15, -0.1) is 10.2 Å². The Kier molecular flexibility index (Phi) is 3.71. The van der Waals surface area contributed by atoms with Crippen molar-refractivity contribution in [1.82, 2.24) is 19.7 Å². The number of amides is 1. The molecule has 4 heterocycles. The summed E-state index contributed by atoms with van der Waals surface area (Å²) in [6.45, 7) is 5.25. The maximum Gasteiger partial charge on any atom is 0.255 e. The molecular weight excluding hydrogens is 308 g/mol. The van der Waals surface area contributed by atoms with Crippen LogP contribution >= 0.6 is 11.3 Å². The van der Waals surface area contributed by atoms with Gasteiger partial charge in [0.2, 0.25) is 0 Å². The Balaban J connectivity index is 1.63. The van der Waals surface area contributed by atoms with Gasteiger partial charge in [-0.05, 0) is 30.2 Å². The molecule has 0 aliphatic carbocycles. The molecule has 2 bridgehead atoms. The van der Waals surface area contributed by atoms with Crippen molar-refractivity contribution >= 4 is 17.2 Å². The van der Waals surface area contributed by atoms with Gasteiger partial charge in [0, 0.05) is 30.8 Å². The zero-order valence-electron chi connectivity index (χ0n) is 13.6. The average molecular weight is 330 g/mol. The van der Waals surface area contributed by atoms with Crippen LogP contribution in [-0.2, 0) is 19.4 Å². The van der Waals surface area contributed by atoms with E-state index in [1.807, 2.05) is 16.8 Å². The zero-order chi connectivity index (χ0) is 16.0. The maximum atomic E-state index is 12.9. The average Bonchev–Trinajstić information content (AvgIpc) is 3.19. The molecule has 0 aromatic carbocycles. The molecule has 1 saturated heterocycles. The summed E-state index contributed by atoms with van der Waals surface area (Å²) in [4.78, 5) is 15.0. The van der Waals surface area contributed by atoms with E-state index in [2.05, 4.69) is 33.5 Å². The lowest BCUT2D eigenvalue weighted by atomic mass is 10.1. The molecule has 6 heteroatoms. The van der Waals surface area contributed by atoms with Crippen LogP contribution in [0, 0.1) is 5.92 Å². The van der Waals surface area contributed by atoms with Crippen LogP contribution in [0.4, 0.5) is 0 Å². The largest absolute Gasteiger partial charge is 0.330 e. The molecule has 0 saturated carbocycles. The molecule has 0 unspecified atom stereocenters. The first kappa shape index (κ1) is 14.9. The Labute approximate surface area is 140 Å². The predicted molar refractivity (Wildman–Crippen MR) is 89.6 cm³/mol. The minimum Gasteiger partial charge on any atom is -0.330 e. The summed E-state index contributed by atoms with van der Waals surface area (Å²) < 4.78 is 2.28. The molecule has 0 radical (unpaired) electrons. The first-order valence-electron chi connectivity index (χ1n) is 8.39. The molecule has 0 N–H and O–H groups in total. The molecule has 1 amide bonds. The van der Waals surface area contributed by atoms with Gasteiger partial charge in [0.25, 0.3) is 5.91 Å². The van der Waals surface area contributed by atoms with Crippen molar-refractivity contribution in [2.45, 2.75) is 58.2 Å². The lowest BCUT2D eigenvalue weighted by Crippen LogP contribution is -2.42. The normalized spacial score (nSPS) is 23.2. The first-order chi connectivity index (χ1) is 11.1. The highest BCUT2D eigenvalue weighted by atomic mass is 32.1. The van der Waals surface area contributed by atoms with E-state index < -0.39 is 0 Å². The van der Waals surface area contributed by atoms with Gasteiger partial charge >= 0.3 is 0 Å². The van der Waals surface area contributed by atoms with Crippen molar-refractivity contribution in [3.05, 3.63) is 34.0 Å². The van der Waals surface area contributed by atoms with E-state index in [0.717, 1.165) is 49.4 Å². The Hall–Kier alpha value is -1.69. The van der Waals surface area contributed by atoms with Crippen molar-refractivity contribution in [1.29, 1.82) is 0 Å². The van der Waals surface area contributed by atoms with Crippen molar-refractivity contribution in [2.75, 3.05) is 0 Å². The third kappa shape index (κ3) is 2.59.